The zero-order valence-electron chi connectivity index (χ0n) is 11.9. The summed E-state index contributed by atoms with van der Waals surface area (Å²) in [6, 6.07) is 4.18. The van der Waals surface area contributed by atoms with Gasteiger partial charge in [-0.25, -0.2) is 9.59 Å². The van der Waals surface area contributed by atoms with Gasteiger partial charge in [-0.15, -0.1) is 0 Å². The Kier molecular flexibility index (Phi) is 4.44. The number of amides is 1. The van der Waals surface area contributed by atoms with Crippen molar-refractivity contribution in [3.63, 3.8) is 0 Å². The van der Waals surface area contributed by atoms with Gasteiger partial charge >= 0.3 is 12.1 Å². The van der Waals surface area contributed by atoms with Crippen LogP contribution in [-0.2, 0) is 4.74 Å². The Balaban J connectivity index is 2.38. The molecule has 0 atom stereocenters. The van der Waals surface area contributed by atoms with Crippen LogP contribution in [0.5, 0.6) is 0 Å². The molecule has 1 N–H and O–H groups in total. The standard InChI is InChI=1S/C13H15N3O6/c1-22-12(17)9-3-2-4-10(16(20)21)11(9)14-5-7-15(8-6-14)13(18)19/h2-4H,5-8H2,1H3,(H,18,19). The number of carboxylic acid groups (broad SMARTS) is 1. The van der Waals surface area contributed by atoms with Crippen molar-refractivity contribution in [1.29, 1.82) is 0 Å². The van der Waals surface area contributed by atoms with Crippen LogP contribution in [0.4, 0.5) is 16.2 Å². The minimum Gasteiger partial charge on any atom is -0.465 e. The van der Waals surface area contributed by atoms with Gasteiger partial charge in [-0.3, -0.25) is 10.1 Å². The quantitative estimate of drug-likeness (QED) is 0.506. The van der Waals surface area contributed by atoms with Crippen LogP contribution in [0.15, 0.2) is 18.2 Å². The molecule has 0 bridgehead atoms. The molecule has 1 fully saturated rings. The second kappa shape index (κ2) is 6.29. The maximum Gasteiger partial charge on any atom is 0.407 e. The van der Waals surface area contributed by atoms with Gasteiger partial charge in [0.2, 0.25) is 0 Å². The molecule has 118 valence electrons. The van der Waals surface area contributed by atoms with E-state index in [1.165, 1.54) is 30.2 Å². The van der Waals surface area contributed by atoms with E-state index in [4.69, 9.17) is 5.11 Å². The number of ether oxygens (including phenoxy) is 1. The van der Waals surface area contributed by atoms with Gasteiger partial charge in [-0.1, -0.05) is 6.07 Å². The van der Waals surface area contributed by atoms with Gasteiger partial charge in [-0.05, 0) is 6.07 Å². The van der Waals surface area contributed by atoms with Gasteiger partial charge in [0.1, 0.15) is 5.69 Å². The number of methoxy groups -OCH3 is 1. The van der Waals surface area contributed by atoms with E-state index in [9.17, 15) is 19.7 Å². The Hall–Kier alpha value is -2.84. The maximum atomic E-state index is 11.8. The Morgan fingerprint density at radius 2 is 1.91 bits per heavy atom. The molecule has 1 aromatic carbocycles. The summed E-state index contributed by atoms with van der Waals surface area (Å²) in [5.74, 6) is -0.667. The first kappa shape index (κ1) is 15.5. The Bertz CT molecular complexity index is 610. The lowest BCUT2D eigenvalue weighted by atomic mass is 10.1. The van der Waals surface area contributed by atoms with Crippen LogP contribution < -0.4 is 4.90 Å². The van der Waals surface area contributed by atoms with Crippen LogP contribution >= 0.6 is 0 Å². The lowest BCUT2D eigenvalue weighted by Gasteiger charge is -2.34. The number of hydrogen-bond donors (Lipinski definition) is 1. The van der Waals surface area contributed by atoms with E-state index < -0.39 is 17.0 Å². The predicted molar refractivity (Wildman–Crippen MR) is 76.2 cm³/mol. The third-order valence-electron chi connectivity index (χ3n) is 3.48. The fourth-order valence-corrected chi connectivity index (χ4v) is 2.41. The highest BCUT2D eigenvalue weighted by molar-refractivity contribution is 5.98. The summed E-state index contributed by atoms with van der Waals surface area (Å²) in [6.45, 7) is 0.951. The summed E-state index contributed by atoms with van der Waals surface area (Å²) in [4.78, 5) is 36.3. The minimum atomic E-state index is -1.03. The third-order valence-corrected chi connectivity index (χ3v) is 3.48. The first-order valence-corrected chi connectivity index (χ1v) is 6.54. The smallest absolute Gasteiger partial charge is 0.407 e. The summed E-state index contributed by atoms with van der Waals surface area (Å²) in [5, 5.41) is 20.2. The fraction of sp³-hybridized carbons (Fsp3) is 0.385. The molecule has 1 aliphatic heterocycles. The lowest BCUT2D eigenvalue weighted by molar-refractivity contribution is -0.384. The molecule has 9 heteroatoms. The number of anilines is 1. The van der Waals surface area contributed by atoms with E-state index in [0.29, 0.717) is 0 Å². The van der Waals surface area contributed by atoms with Crippen molar-refractivity contribution in [1.82, 2.24) is 4.90 Å². The first-order chi connectivity index (χ1) is 10.5. The van der Waals surface area contributed by atoms with E-state index in [-0.39, 0.29) is 43.1 Å². The van der Waals surface area contributed by atoms with E-state index in [1.807, 2.05) is 0 Å². The van der Waals surface area contributed by atoms with Gasteiger partial charge in [0, 0.05) is 32.2 Å². The van der Waals surface area contributed by atoms with Crippen LogP contribution in [0.25, 0.3) is 0 Å². The van der Waals surface area contributed by atoms with Crippen molar-refractivity contribution < 1.29 is 24.4 Å². The number of esters is 1. The molecule has 9 nitrogen and oxygen atoms in total. The van der Waals surface area contributed by atoms with Crippen LogP contribution in [0.1, 0.15) is 10.4 Å². The summed E-state index contributed by atoms with van der Waals surface area (Å²) in [6.07, 6.45) is -1.03. The minimum absolute atomic E-state index is 0.0977. The highest BCUT2D eigenvalue weighted by Crippen LogP contribution is 2.33. The second-order valence-corrected chi connectivity index (χ2v) is 4.68. The van der Waals surface area contributed by atoms with Crippen LogP contribution in [0, 0.1) is 10.1 Å². The summed E-state index contributed by atoms with van der Waals surface area (Å²) >= 11 is 0. The average Bonchev–Trinajstić information content (AvgIpc) is 2.53. The highest BCUT2D eigenvalue weighted by Gasteiger charge is 2.30. The lowest BCUT2D eigenvalue weighted by Crippen LogP contribution is -2.48. The Morgan fingerprint density at radius 3 is 2.41 bits per heavy atom. The molecule has 1 heterocycles. The predicted octanol–water partition coefficient (Wildman–Crippen LogP) is 1.18. The van der Waals surface area contributed by atoms with Crippen molar-refractivity contribution in [2.24, 2.45) is 0 Å². The van der Waals surface area contributed by atoms with Gasteiger partial charge in [-0.2, -0.15) is 0 Å². The largest absolute Gasteiger partial charge is 0.465 e. The van der Waals surface area contributed by atoms with Crippen molar-refractivity contribution in [3.05, 3.63) is 33.9 Å². The first-order valence-electron chi connectivity index (χ1n) is 6.54. The molecule has 1 aliphatic rings. The number of carbonyl (C=O) groups is 2. The van der Waals surface area contributed by atoms with Gasteiger partial charge in [0.05, 0.1) is 17.6 Å². The monoisotopic (exact) mass is 309 g/mol. The number of hydrogen-bond acceptors (Lipinski definition) is 6. The number of nitro groups is 1. The fourth-order valence-electron chi connectivity index (χ4n) is 2.41. The van der Waals surface area contributed by atoms with E-state index in [2.05, 4.69) is 4.74 Å². The van der Waals surface area contributed by atoms with Crippen molar-refractivity contribution in [2.45, 2.75) is 0 Å². The molecule has 2 rings (SSSR count). The van der Waals surface area contributed by atoms with Crippen LogP contribution in [0.2, 0.25) is 0 Å². The zero-order valence-corrected chi connectivity index (χ0v) is 11.9. The zero-order chi connectivity index (χ0) is 16.3. The number of para-hydroxylation sites is 1. The summed E-state index contributed by atoms with van der Waals surface area (Å²) < 4.78 is 4.67. The van der Waals surface area contributed by atoms with Gasteiger partial charge in [0.15, 0.2) is 0 Å². The summed E-state index contributed by atoms with van der Waals surface area (Å²) in [7, 11) is 1.20. The number of piperazine rings is 1. The topological polar surface area (TPSA) is 113 Å². The SMILES string of the molecule is COC(=O)c1cccc([N+](=O)[O-])c1N1CCN(C(=O)O)CC1. The second-order valence-electron chi connectivity index (χ2n) is 4.68. The van der Waals surface area contributed by atoms with Crippen molar-refractivity contribution in [2.75, 3.05) is 38.2 Å². The molecule has 0 aromatic heterocycles. The molecule has 1 amide bonds. The molecule has 0 aliphatic carbocycles. The summed E-state index contributed by atoms with van der Waals surface area (Å²) in [5.41, 5.74) is 0.0662. The number of nitrogens with zero attached hydrogens (tertiary/aromatic N) is 3. The molecule has 0 saturated carbocycles. The normalized spacial score (nSPS) is 14.6. The molecule has 22 heavy (non-hydrogen) atoms. The molecule has 0 spiro atoms. The van der Waals surface area contributed by atoms with Crippen molar-refractivity contribution in [3.8, 4) is 0 Å². The molecular weight excluding hydrogens is 294 g/mol. The van der Waals surface area contributed by atoms with Crippen molar-refractivity contribution >= 4 is 23.4 Å². The van der Waals surface area contributed by atoms with Gasteiger partial charge in [0.25, 0.3) is 5.69 Å². The van der Waals surface area contributed by atoms with Crippen LogP contribution in [0.3, 0.4) is 0 Å². The van der Waals surface area contributed by atoms with E-state index >= 15 is 0 Å². The third kappa shape index (κ3) is 2.92. The molecular formula is C13H15N3O6. The highest BCUT2D eigenvalue weighted by atomic mass is 16.6. The molecule has 1 saturated heterocycles. The Labute approximate surface area is 125 Å². The number of nitro benzene ring substituents is 1. The van der Waals surface area contributed by atoms with Gasteiger partial charge < -0.3 is 19.6 Å². The molecule has 1 aromatic rings. The molecule has 0 unspecified atom stereocenters. The molecule has 0 radical (unpaired) electrons. The van der Waals surface area contributed by atoms with E-state index in [1.54, 1.807) is 4.90 Å². The number of benzene rings is 1. The Morgan fingerprint density at radius 1 is 1.27 bits per heavy atom. The van der Waals surface area contributed by atoms with Crippen LogP contribution in [-0.4, -0.2) is 60.3 Å². The number of carbonyl (C=O) groups excluding carboxylic acids is 1. The number of rotatable bonds is 3. The average molecular weight is 309 g/mol. The van der Waals surface area contributed by atoms with E-state index in [0.717, 1.165) is 0 Å². The maximum absolute atomic E-state index is 11.8.